The number of ketones is 1. The zero-order valence-electron chi connectivity index (χ0n) is 12.3. The van der Waals surface area contributed by atoms with Gasteiger partial charge in [0.2, 0.25) is 0 Å². The van der Waals surface area contributed by atoms with Crippen LogP contribution in [-0.2, 0) is 0 Å². The largest absolute Gasteiger partial charge is 0.357 e. The molecule has 0 aliphatic carbocycles. The summed E-state index contributed by atoms with van der Waals surface area (Å²) in [5, 5.41) is 0. The summed E-state index contributed by atoms with van der Waals surface area (Å²) in [4.78, 5) is 18.0. The first kappa shape index (κ1) is 14.0. The fourth-order valence-corrected chi connectivity index (χ4v) is 2.95. The molecule has 0 unspecified atom stereocenters. The van der Waals surface area contributed by atoms with Crippen molar-refractivity contribution in [3.63, 3.8) is 0 Å². The highest BCUT2D eigenvalue weighted by atomic mass is 16.1. The minimum atomic E-state index is 0.0775. The van der Waals surface area contributed by atoms with Crippen LogP contribution in [0.25, 0.3) is 0 Å². The third-order valence-electron chi connectivity index (χ3n) is 4.80. The van der Waals surface area contributed by atoms with Gasteiger partial charge in [-0.05, 0) is 37.3 Å². The molecule has 0 N–H and O–H groups in total. The third kappa shape index (κ3) is 2.96. The van der Waals surface area contributed by atoms with Crippen LogP contribution in [0, 0.1) is 5.41 Å². The summed E-state index contributed by atoms with van der Waals surface area (Å²) in [6.45, 7) is 8.34. The van der Waals surface area contributed by atoms with Crippen LogP contribution in [0.1, 0.15) is 56.8 Å². The van der Waals surface area contributed by atoms with Gasteiger partial charge < -0.3 is 4.90 Å². The van der Waals surface area contributed by atoms with Crippen LogP contribution in [0.5, 0.6) is 0 Å². The van der Waals surface area contributed by atoms with Crippen molar-refractivity contribution in [2.24, 2.45) is 5.41 Å². The van der Waals surface area contributed by atoms with E-state index in [2.05, 4.69) is 23.7 Å². The molecule has 1 aliphatic rings. The number of Topliss-reactive ketones (excluding diaryl/α,β-unsaturated/α-hetero) is 1. The van der Waals surface area contributed by atoms with Gasteiger partial charge in [-0.25, -0.2) is 4.98 Å². The van der Waals surface area contributed by atoms with E-state index in [0.717, 1.165) is 18.9 Å². The monoisotopic (exact) mass is 260 g/mol. The van der Waals surface area contributed by atoms with Crippen molar-refractivity contribution in [3.05, 3.63) is 23.9 Å². The van der Waals surface area contributed by atoms with Crippen molar-refractivity contribution in [1.29, 1.82) is 0 Å². The minimum Gasteiger partial charge on any atom is -0.357 e. The zero-order valence-corrected chi connectivity index (χ0v) is 12.3. The van der Waals surface area contributed by atoms with Crippen LogP contribution in [0.2, 0.25) is 0 Å². The molecule has 0 spiro atoms. The molecule has 1 aliphatic heterocycles. The van der Waals surface area contributed by atoms with Crippen LogP contribution >= 0.6 is 0 Å². The van der Waals surface area contributed by atoms with E-state index in [4.69, 9.17) is 0 Å². The van der Waals surface area contributed by atoms with Crippen molar-refractivity contribution in [3.8, 4) is 0 Å². The first-order chi connectivity index (χ1) is 9.10. The maximum absolute atomic E-state index is 11.2. The number of carbonyl (C=O) groups excluding carboxylic acids is 1. The van der Waals surface area contributed by atoms with Crippen molar-refractivity contribution in [1.82, 2.24) is 4.98 Å². The molecule has 1 aromatic rings. The Morgan fingerprint density at radius 2 is 1.89 bits per heavy atom. The van der Waals surface area contributed by atoms with Crippen molar-refractivity contribution >= 4 is 11.6 Å². The van der Waals surface area contributed by atoms with Gasteiger partial charge in [-0.2, -0.15) is 0 Å². The molecule has 1 fully saturated rings. The Morgan fingerprint density at radius 1 is 1.26 bits per heavy atom. The predicted octanol–water partition coefficient (Wildman–Crippen LogP) is 3.69. The Morgan fingerprint density at radius 3 is 2.32 bits per heavy atom. The summed E-state index contributed by atoms with van der Waals surface area (Å²) in [5.41, 5.74) is 1.23. The number of pyridine rings is 1. The fourth-order valence-electron chi connectivity index (χ4n) is 2.95. The van der Waals surface area contributed by atoms with E-state index in [1.165, 1.54) is 25.7 Å². The molecule has 0 aromatic carbocycles. The van der Waals surface area contributed by atoms with Gasteiger partial charge in [0.25, 0.3) is 0 Å². The molecule has 104 valence electrons. The number of nitrogens with zero attached hydrogens (tertiary/aromatic N) is 2. The maximum atomic E-state index is 11.2. The van der Waals surface area contributed by atoms with Crippen LogP contribution in [-0.4, -0.2) is 23.9 Å². The highest BCUT2D eigenvalue weighted by Crippen LogP contribution is 2.38. The highest BCUT2D eigenvalue weighted by Gasteiger charge is 2.31. The lowest BCUT2D eigenvalue weighted by atomic mass is 9.74. The summed E-state index contributed by atoms with van der Waals surface area (Å²) in [6.07, 6.45) is 6.73. The number of anilines is 1. The van der Waals surface area contributed by atoms with E-state index in [0.29, 0.717) is 11.0 Å². The fraction of sp³-hybridized carbons (Fsp3) is 0.625. The average Bonchev–Trinajstić information content (AvgIpc) is 2.47. The molecule has 2 heterocycles. The van der Waals surface area contributed by atoms with Gasteiger partial charge in [0, 0.05) is 24.8 Å². The number of hydrogen-bond acceptors (Lipinski definition) is 3. The van der Waals surface area contributed by atoms with Gasteiger partial charge in [-0.1, -0.05) is 26.7 Å². The van der Waals surface area contributed by atoms with Crippen LogP contribution in [0.15, 0.2) is 18.3 Å². The quantitative estimate of drug-likeness (QED) is 0.774. The maximum Gasteiger partial charge on any atom is 0.161 e. The van der Waals surface area contributed by atoms with E-state index in [-0.39, 0.29) is 5.78 Å². The van der Waals surface area contributed by atoms with Gasteiger partial charge >= 0.3 is 0 Å². The lowest BCUT2D eigenvalue weighted by Gasteiger charge is -2.41. The summed E-state index contributed by atoms with van der Waals surface area (Å²) < 4.78 is 0. The molecule has 0 radical (unpaired) electrons. The van der Waals surface area contributed by atoms with Crippen molar-refractivity contribution in [2.75, 3.05) is 18.0 Å². The molecular formula is C16H24N2O. The molecule has 1 saturated heterocycles. The first-order valence-electron chi connectivity index (χ1n) is 7.32. The number of hydrogen-bond donors (Lipinski definition) is 0. The molecule has 0 saturated carbocycles. The first-order valence-corrected chi connectivity index (χ1v) is 7.32. The number of rotatable bonds is 4. The minimum absolute atomic E-state index is 0.0775. The second-order valence-corrected chi connectivity index (χ2v) is 5.66. The third-order valence-corrected chi connectivity index (χ3v) is 4.80. The summed E-state index contributed by atoms with van der Waals surface area (Å²) in [6, 6.07) is 3.85. The van der Waals surface area contributed by atoms with Crippen LogP contribution in [0.4, 0.5) is 5.82 Å². The summed E-state index contributed by atoms with van der Waals surface area (Å²) in [7, 11) is 0. The second kappa shape index (κ2) is 5.72. The van der Waals surface area contributed by atoms with Crippen molar-refractivity contribution < 1.29 is 4.79 Å². The summed E-state index contributed by atoms with van der Waals surface area (Å²) in [5.74, 6) is 1.08. The van der Waals surface area contributed by atoms with Crippen LogP contribution < -0.4 is 4.90 Å². The van der Waals surface area contributed by atoms with E-state index in [1.54, 1.807) is 13.1 Å². The Hall–Kier alpha value is -1.38. The van der Waals surface area contributed by atoms with Gasteiger partial charge in [0.1, 0.15) is 5.82 Å². The molecule has 0 atom stereocenters. The van der Waals surface area contributed by atoms with Gasteiger partial charge in [0.15, 0.2) is 5.78 Å². The topological polar surface area (TPSA) is 33.2 Å². The molecule has 19 heavy (non-hydrogen) atoms. The molecule has 3 nitrogen and oxygen atoms in total. The number of aromatic nitrogens is 1. The SMILES string of the molecule is CCC1(CC)CCN(c2ccc(C(C)=O)cn2)CC1. The summed E-state index contributed by atoms with van der Waals surface area (Å²) >= 11 is 0. The Labute approximate surface area is 116 Å². The molecular weight excluding hydrogens is 236 g/mol. The predicted molar refractivity (Wildman–Crippen MR) is 78.7 cm³/mol. The lowest BCUT2D eigenvalue weighted by Crippen LogP contribution is -2.40. The van der Waals surface area contributed by atoms with Crippen molar-refractivity contribution in [2.45, 2.75) is 46.5 Å². The van der Waals surface area contributed by atoms with E-state index >= 15 is 0 Å². The standard InChI is InChI=1S/C16H24N2O/c1-4-16(5-2)8-10-18(11-9-16)15-7-6-14(12-17-15)13(3)19/h6-7,12H,4-5,8-11H2,1-3H3. The normalized spacial score (nSPS) is 18.4. The molecule has 0 amide bonds. The highest BCUT2D eigenvalue weighted by molar-refractivity contribution is 5.93. The molecule has 3 heteroatoms. The smallest absolute Gasteiger partial charge is 0.161 e. The van der Waals surface area contributed by atoms with Crippen LogP contribution in [0.3, 0.4) is 0 Å². The van der Waals surface area contributed by atoms with E-state index in [1.807, 2.05) is 12.1 Å². The lowest BCUT2D eigenvalue weighted by molar-refractivity contribution is 0.101. The zero-order chi connectivity index (χ0) is 13.9. The van der Waals surface area contributed by atoms with Gasteiger partial charge in [-0.15, -0.1) is 0 Å². The molecule has 2 rings (SSSR count). The van der Waals surface area contributed by atoms with E-state index in [9.17, 15) is 4.79 Å². The van der Waals surface area contributed by atoms with Gasteiger partial charge in [0.05, 0.1) is 0 Å². The number of piperidine rings is 1. The Balaban J connectivity index is 2.03. The second-order valence-electron chi connectivity index (χ2n) is 5.66. The van der Waals surface area contributed by atoms with E-state index < -0.39 is 0 Å². The average molecular weight is 260 g/mol. The molecule has 1 aromatic heterocycles. The van der Waals surface area contributed by atoms with Gasteiger partial charge in [-0.3, -0.25) is 4.79 Å². The Bertz CT molecular complexity index is 425. The Kier molecular flexibility index (Phi) is 4.23. The molecule has 0 bridgehead atoms. The number of carbonyl (C=O) groups is 1.